The molecule has 2 aromatic rings. The molecular weight excluding hydrogens is 322 g/mol. The molecule has 24 heavy (non-hydrogen) atoms. The summed E-state index contributed by atoms with van der Waals surface area (Å²) in [6.45, 7) is 1.81. The number of carbonyl (C=O) groups is 1. The Labute approximate surface area is 145 Å². The van der Waals surface area contributed by atoms with Gasteiger partial charge in [0.25, 0.3) is 0 Å². The number of fused-ring (bicyclic) bond motifs is 1. The number of hydrogen-bond donors (Lipinski definition) is 1. The van der Waals surface area contributed by atoms with Gasteiger partial charge in [-0.25, -0.2) is 14.8 Å². The second kappa shape index (κ2) is 6.51. The lowest BCUT2D eigenvalue weighted by molar-refractivity contribution is 0.0690. The van der Waals surface area contributed by atoms with Gasteiger partial charge in [-0.1, -0.05) is 6.07 Å². The van der Waals surface area contributed by atoms with Gasteiger partial charge in [-0.2, -0.15) is 0 Å². The van der Waals surface area contributed by atoms with Crippen molar-refractivity contribution in [3.63, 3.8) is 0 Å². The monoisotopic (exact) mass is 343 g/mol. The highest BCUT2D eigenvalue weighted by Crippen LogP contribution is 2.35. The van der Waals surface area contributed by atoms with E-state index in [1.54, 1.807) is 12.1 Å². The third-order valence-corrected chi connectivity index (χ3v) is 6.23. The molecule has 1 N–H and O–H groups in total. The van der Waals surface area contributed by atoms with Gasteiger partial charge in [0.05, 0.1) is 10.7 Å². The van der Waals surface area contributed by atoms with Gasteiger partial charge in [0.15, 0.2) is 5.69 Å². The minimum atomic E-state index is -0.974. The third-order valence-electron chi connectivity index (χ3n) is 4.91. The first-order valence-electron chi connectivity index (χ1n) is 8.64. The van der Waals surface area contributed by atoms with Crippen LogP contribution in [0.15, 0.2) is 18.2 Å². The Balaban J connectivity index is 1.54. The van der Waals surface area contributed by atoms with Crippen LogP contribution in [0.1, 0.15) is 57.7 Å². The van der Waals surface area contributed by atoms with E-state index in [4.69, 9.17) is 10.1 Å². The van der Waals surface area contributed by atoms with Crippen LogP contribution in [-0.4, -0.2) is 34.1 Å². The summed E-state index contributed by atoms with van der Waals surface area (Å²) in [6, 6.07) is 5.22. The second-order valence-electron chi connectivity index (χ2n) is 6.60. The average Bonchev–Trinajstić information content (AvgIpc) is 3.06. The Morgan fingerprint density at radius 1 is 1.21 bits per heavy atom. The number of aromatic carboxylic acids is 1. The summed E-state index contributed by atoms with van der Waals surface area (Å²) in [6.07, 6.45) is 7.11. The highest BCUT2D eigenvalue weighted by Gasteiger charge is 2.27. The van der Waals surface area contributed by atoms with E-state index in [-0.39, 0.29) is 5.69 Å². The van der Waals surface area contributed by atoms with Crippen molar-refractivity contribution in [3.8, 4) is 0 Å². The van der Waals surface area contributed by atoms with Gasteiger partial charge >= 0.3 is 5.97 Å². The van der Waals surface area contributed by atoms with E-state index in [2.05, 4.69) is 9.88 Å². The fourth-order valence-corrected chi connectivity index (χ4v) is 4.93. The molecule has 126 valence electrons. The van der Waals surface area contributed by atoms with Crippen LogP contribution in [0.25, 0.3) is 0 Å². The number of aromatic nitrogens is 2. The Hall–Kier alpha value is -1.95. The first-order chi connectivity index (χ1) is 11.7. The topological polar surface area (TPSA) is 66.3 Å². The van der Waals surface area contributed by atoms with E-state index < -0.39 is 5.97 Å². The van der Waals surface area contributed by atoms with Gasteiger partial charge < -0.3 is 10.0 Å². The van der Waals surface area contributed by atoms with Crippen molar-refractivity contribution in [3.05, 3.63) is 39.5 Å². The molecule has 4 rings (SSSR count). The van der Waals surface area contributed by atoms with Crippen LogP contribution in [0.2, 0.25) is 0 Å². The predicted molar refractivity (Wildman–Crippen MR) is 94.1 cm³/mol. The maximum atomic E-state index is 11.1. The summed E-state index contributed by atoms with van der Waals surface area (Å²) in [4.78, 5) is 24.1. The molecule has 0 aromatic carbocycles. The number of carboxylic acid groups (broad SMARTS) is 1. The van der Waals surface area contributed by atoms with Crippen LogP contribution >= 0.6 is 11.3 Å². The zero-order valence-electron chi connectivity index (χ0n) is 13.6. The molecule has 5 nitrogen and oxygen atoms in total. The maximum absolute atomic E-state index is 11.1. The largest absolute Gasteiger partial charge is 0.477 e. The van der Waals surface area contributed by atoms with Gasteiger partial charge in [-0.05, 0) is 50.7 Å². The highest BCUT2D eigenvalue weighted by atomic mass is 32.1. The summed E-state index contributed by atoms with van der Waals surface area (Å²) in [5.74, 6) is 0.226. The van der Waals surface area contributed by atoms with Crippen molar-refractivity contribution in [1.29, 1.82) is 0 Å². The molecule has 0 radical (unpaired) electrons. The van der Waals surface area contributed by atoms with Crippen molar-refractivity contribution in [2.75, 3.05) is 18.0 Å². The summed E-state index contributed by atoms with van der Waals surface area (Å²) >= 11 is 1.89. The molecule has 1 aliphatic heterocycles. The Morgan fingerprint density at radius 3 is 2.92 bits per heavy atom. The van der Waals surface area contributed by atoms with E-state index in [0.717, 1.165) is 38.2 Å². The molecule has 0 spiro atoms. The Kier molecular flexibility index (Phi) is 4.22. The first kappa shape index (κ1) is 15.6. The van der Waals surface area contributed by atoms with Crippen molar-refractivity contribution in [2.45, 2.75) is 44.4 Å². The fraction of sp³-hybridized carbons (Fsp3) is 0.500. The molecule has 1 fully saturated rings. The molecule has 1 atom stereocenters. The Bertz CT molecular complexity index is 735. The van der Waals surface area contributed by atoms with Crippen molar-refractivity contribution in [1.82, 2.24) is 9.97 Å². The predicted octanol–water partition coefficient (Wildman–Crippen LogP) is 3.50. The molecular formula is C18H21N3O2S. The lowest BCUT2D eigenvalue weighted by Gasteiger charge is -2.32. The zero-order chi connectivity index (χ0) is 16.5. The Morgan fingerprint density at radius 2 is 2.08 bits per heavy atom. The first-order valence-corrected chi connectivity index (χ1v) is 9.46. The molecule has 1 unspecified atom stereocenters. The van der Waals surface area contributed by atoms with E-state index in [9.17, 15) is 4.79 Å². The number of aryl methyl sites for hydroxylation is 2. The highest BCUT2D eigenvalue weighted by molar-refractivity contribution is 7.11. The smallest absolute Gasteiger partial charge is 0.354 e. The number of anilines is 1. The van der Waals surface area contributed by atoms with E-state index in [0.29, 0.717) is 5.92 Å². The number of nitrogens with zero attached hydrogens (tertiary/aromatic N) is 3. The number of carboxylic acids is 1. The van der Waals surface area contributed by atoms with Gasteiger partial charge in [0.2, 0.25) is 0 Å². The maximum Gasteiger partial charge on any atom is 0.354 e. The molecule has 1 saturated heterocycles. The van der Waals surface area contributed by atoms with E-state index >= 15 is 0 Å². The van der Waals surface area contributed by atoms with E-state index in [1.807, 2.05) is 17.4 Å². The quantitative estimate of drug-likeness (QED) is 0.924. The molecule has 6 heteroatoms. The molecule has 3 heterocycles. The number of hydrogen-bond acceptors (Lipinski definition) is 5. The fourth-order valence-electron chi connectivity index (χ4n) is 3.65. The molecule has 1 aliphatic carbocycles. The number of thiazole rings is 1. The summed E-state index contributed by atoms with van der Waals surface area (Å²) in [5, 5.41) is 10.4. The average molecular weight is 343 g/mol. The third kappa shape index (κ3) is 3.02. The van der Waals surface area contributed by atoms with Crippen molar-refractivity contribution < 1.29 is 9.90 Å². The SMILES string of the molecule is O=C(O)c1cccc(N2CCCC(c3nc4c(s3)CCCC4)C2)n1. The molecule has 0 bridgehead atoms. The second-order valence-corrected chi connectivity index (χ2v) is 7.72. The van der Waals surface area contributed by atoms with Crippen LogP contribution in [0.4, 0.5) is 5.82 Å². The van der Waals surface area contributed by atoms with Crippen molar-refractivity contribution in [2.24, 2.45) is 0 Å². The lowest BCUT2D eigenvalue weighted by atomic mass is 9.98. The van der Waals surface area contributed by atoms with Crippen LogP contribution in [0, 0.1) is 0 Å². The summed E-state index contributed by atoms with van der Waals surface area (Å²) in [5.41, 5.74) is 1.43. The lowest BCUT2D eigenvalue weighted by Crippen LogP contribution is -2.35. The van der Waals surface area contributed by atoms with Crippen LogP contribution in [0.3, 0.4) is 0 Å². The van der Waals surface area contributed by atoms with Crippen molar-refractivity contribution >= 4 is 23.1 Å². The number of pyridine rings is 1. The molecule has 2 aliphatic rings. The van der Waals surface area contributed by atoms with Gasteiger partial charge in [-0.15, -0.1) is 11.3 Å². The van der Waals surface area contributed by atoms with Crippen LogP contribution in [-0.2, 0) is 12.8 Å². The molecule has 0 saturated carbocycles. The molecule has 0 amide bonds. The van der Waals surface area contributed by atoms with E-state index in [1.165, 1.54) is 34.8 Å². The van der Waals surface area contributed by atoms with Gasteiger partial charge in [0.1, 0.15) is 5.82 Å². The van der Waals surface area contributed by atoms with Gasteiger partial charge in [0, 0.05) is 23.9 Å². The van der Waals surface area contributed by atoms with Gasteiger partial charge in [-0.3, -0.25) is 0 Å². The summed E-state index contributed by atoms with van der Waals surface area (Å²) in [7, 11) is 0. The van der Waals surface area contributed by atoms with Crippen LogP contribution < -0.4 is 4.90 Å². The molecule has 2 aromatic heterocycles. The normalized spacial score (nSPS) is 20.7. The standard InChI is InChI=1S/C18H21N3O2S/c22-18(23)14-7-3-9-16(19-14)21-10-4-5-12(11-21)17-20-13-6-1-2-8-15(13)24-17/h3,7,9,12H,1-2,4-6,8,10-11H2,(H,22,23). The zero-order valence-corrected chi connectivity index (χ0v) is 14.4. The minimum Gasteiger partial charge on any atom is -0.477 e. The summed E-state index contributed by atoms with van der Waals surface area (Å²) < 4.78 is 0. The number of piperidine rings is 1. The minimum absolute atomic E-state index is 0.110. The van der Waals surface area contributed by atoms with Crippen LogP contribution in [0.5, 0.6) is 0 Å². The number of rotatable bonds is 3.